The van der Waals surface area contributed by atoms with E-state index in [0.29, 0.717) is 30.7 Å². The summed E-state index contributed by atoms with van der Waals surface area (Å²) >= 11 is 1.63. The van der Waals surface area contributed by atoms with Crippen LogP contribution in [0.5, 0.6) is 0 Å². The maximum absolute atomic E-state index is 12.7. The van der Waals surface area contributed by atoms with Gasteiger partial charge in [0.2, 0.25) is 5.89 Å². The monoisotopic (exact) mass is 378 g/mol. The number of nitrogens with zero attached hydrogens (tertiary/aromatic N) is 3. The number of nitrogens with one attached hydrogen (secondary N) is 1. The van der Waals surface area contributed by atoms with Gasteiger partial charge in [0.1, 0.15) is 0 Å². The van der Waals surface area contributed by atoms with Gasteiger partial charge in [-0.3, -0.25) is 0 Å². The van der Waals surface area contributed by atoms with Gasteiger partial charge in [-0.2, -0.15) is 16.3 Å². The molecule has 0 aliphatic carbocycles. The first-order valence-corrected chi connectivity index (χ1v) is 10.0. The lowest BCUT2D eigenvalue weighted by Crippen LogP contribution is -2.43. The van der Waals surface area contributed by atoms with Gasteiger partial charge in [-0.05, 0) is 41.1 Å². The van der Waals surface area contributed by atoms with Crippen LogP contribution in [0, 0.1) is 5.92 Å². The zero-order valence-electron chi connectivity index (χ0n) is 15.3. The van der Waals surface area contributed by atoms with Crippen molar-refractivity contribution in [2.75, 3.05) is 13.2 Å². The molecule has 0 radical (unpaired) electrons. The molecule has 8 heteroatoms. The molecule has 0 aromatic carbocycles. The molecule has 1 aliphatic rings. The molecule has 0 spiro atoms. The molecule has 3 rings (SSSR count). The largest absolute Gasteiger partial charge is 0.376 e. The Labute approximate surface area is 157 Å². The molecule has 142 valence electrons. The molecule has 7 nitrogen and oxygen atoms in total. The van der Waals surface area contributed by atoms with Crippen LogP contribution in [0.2, 0.25) is 0 Å². The Balaban J connectivity index is 1.56. The number of hydrogen-bond donors (Lipinski definition) is 1. The van der Waals surface area contributed by atoms with Gasteiger partial charge in [0.15, 0.2) is 5.82 Å². The van der Waals surface area contributed by atoms with Crippen LogP contribution in [-0.2, 0) is 24.2 Å². The van der Waals surface area contributed by atoms with Crippen molar-refractivity contribution >= 4 is 17.4 Å². The van der Waals surface area contributed by atoms with Crippen molar-refractivity contribution in [3.8, 4) is 0 Å². The van der Waals surface area contributed by atoms with Crippen molar-refractivity contribution in [1.82, 2.24) is 20.4 Å². The lowest BCUT2D eigenvalue weighted by atomic mass is 10.1. The molecule has 2 amide bonds. The van der Waals surface area contributed by atoms with E-state index in [-0.39, 0.29) is 18.7 Å². The summed E-state index contributed by atoms with van der Waals surface area (Å²) < 4.78 is 10.9. The third-order valence-corrected chi connectivity index (χ3v) is 4.91. The first kappa shape index (κ1) is 18.8. The van der Waals surface area contributed by atoms with Gasteiger partial charge in [0.25, 0.3) is 0 Å². The van der Waals surface area contributed by atoms with Crippen molar-refractivity contribution < 1.29 is 14.1 Å². The van der Waals surface area contributed by atoms with Gasteiger partial charge in [-0.1, -0.05) is 19.0 Å². The smallest absolute Gasteiger partial charge is 0.318 e. The Kier molecular flexibility index (Phi) is 6.62. The molecule has 1 fully saturated rings. The van der Waals surface area contributed by atoms with Crippen LogP contribution >= 0.6 is 11.3 Å². The van der Waals surface area contributed by atoms with E-state index in [1.165, 1.54) is 0 Å². The molecule has 0 bridgehead atoms. The predicted molar refractivity (Wildman–Crippen MR) is 98.8 cm³/mol. The number of rotatable bonds is 8. The first-order chi connectivity index (χ1) is 12.6. The van der Waals surface area contributed by atoms with Gasteiger partial charge < -0.3 is 19.5 Å². The van der Waals surface area contributed by atoms with E-state index < -0.39 is 0 Å². The number of ether oxygens (including phenoxy) is 1. The summed E-state index contributed by atoms with van der Waals surface area (Å²) in [6, 6.07) is 1.90. The molecule has 0 saturated carbocycles. The summed E-state index contributed by atoms with van der Waals surface area (Å²) in [5, 5.41) is 10.9. The third kappa shape index (κ3) is 5.54. The highest BCUT2D eigenvalue weighted by molar-refractivity contribution is 7.07. The normalized spacial score (nSPS) is 17.0. The van der Waals surface area contributed by atoms with Crippen LogP contribution in [-0.4, -0.2) is 40.3 Å². The zero-order valence-corrected chi connectivity index (χ0v) is 16.1. The van der Waals surface area contributed by atoms with Crippen LogP contribution in [0.1, 0.15) is 44.0 Å². The van der Waals surface area contributed by atoms with Crippen molar-refractivity contribution in [3.05, 3.63) is 34.1 Å². The predicted octanol–water partition coefficient (Wildman–Crippen LogP) is 3.22. The summed E-state index contributed by atoms with van der Waals surface area (Å²) in [6.45, 7) is 6.39. The molecule has 3 heterocycles. The van der Waals surface area contributed by atoms with Crippen LogP contribution in [0.3, 0.4) is 0 Å². The molecular formula is C18H26N4O3S. The second-order valence-electron chi connectivity index (χ2n) is 7.01. The minimum absolute atomic E-state index is 0.113. The Morgan fingerprint density at radius 2 is 2.38 bits per heavy atom. The number of urea groups is 1. The van der Waals surface area contributed by atoms with Gasteiger partial charge in [-0.15, -0.1) is 0 Å². The van der Waals surface area contributed by atoms with Crippen LogP contribution in [0.15, 0.2) is 21.3 Å². The number of amides is 2. The maximum atomic E-state index is 12.7. The first-order valence-electron chi connectivity index (χ1n) is 9.07. The van der Waals surface area contributed by atoms with Gasteiger partial charge in [-0.25, -0.2) is 4.79 Å². The van der Waals surface area contributed by atoms with E-state index in [0.717, 1.165) is 31.4 Å². The number of hydrogen-bond acceptors (Lipinski definition) is 6. The van der Waals surface area contributed by atoms with E-state index in [4.69, 9.17) is 9.26 Å². The van der Waals surface area contributed by atoms with E-state index in [9.17, 15) is 4.79 Å². The molecule has 1 atom stereocenters. The van der Waals surface area contributed by atoms with Crippen molar-refractivity contribution in [1.29, 1.82) is 0 Å². The summed E-state index contributed by atoms with van der Waals surface area (Å²) in [5.74, 6) is 1.56. The number of carbonyl (C=O) groups excluding carboxylic acids is 1. The summed E-state index contributed by atoms with van der Waals surface area (Å²) in [6.07, 6.45) is 2.91. The Morgan fingerprint density at radius 1 is 1.50 bits per heavy atom. The SMILES string of the molecule is CC(C)Cc1nc(CNC(=O)N(Cc2ccsc2)C[C@@H]2CCCO2)no1. The standard InChI is InChI=1S/C18H26N4O3S/c1-13(2)8-17-20-16(21-25-17)9-19-18(23)22(10-14-5-7-26-12-14)11-15-4-3-6-24-15/h5,7,12-13,15H,3-4,6,8-11H2,1-2H3,(H,19,23)/t15-/m0/s1. The van der Waals surface area contributed by atoms with Gasteiger partial charge >= 0.3 is 6.03 Å². The summed E-state index contributed by atoms with van der Waals surface area (Å²) in [5.41, 5.74) is 1.13. The van der Waals surface area contributed by atoms with Crippen LogP contribution < -0.4 is 5.32 Å². The van der Waals surface area contributed by atoms with Gasteiger partial charge in [0.05, 0.1) is 12.6 Å². The van der Waals surface area contributed by atoms with E-state index >= 15 is 0 Å². The minimum Gasteiger partial charge on any atom is -0.376 e. The lowest BCUT2D eigenvalue weighted by molar-refractivity contribution is 0.0794. The molecular weight excluding hydrogens is 352 g/mol. The Morgan fingerprint density at radius 3 is 3.08 bits per heavy atom. The molecule has 2 aromatic heterocycles. The molecule has 1 saturated heterocycles. The zero-order chi connectivity index (χ0) is 18.4. The van der Waals surface area contributed by atoms with Crippen LogP contribution in [0.4, 0.5) is 4.79 Å². The fourth-order valence-electron chi connectivity index (χ4n) is 2.92. The topological polar surface area (TPSA) is 80.5 Å². The second kappa shape index (κ2) is 9.14. The molecule has 2 aromatic rings. The third-order valence-electron chi connectivity index (χ3n) is 4.18. The average Bonchev–Trinajstić information content (AvgIpc) is 3.34. The Hall–Kier alpha value is -1.93. The summed E-state index contributed by atoms with van der Waals surface area (Å²) in [7, 11) is 0. The quantitative estimate of drug-likeness (QED) is 0.763. The molecule has 26 heavy (non-hydrogen) atoms. The molecule has 0 unspecified atom stereocenters. The summed E-state index contributed by atoms with van der Waals surface area (Å²) in [4.78, 5) is 18.8. The highest BCUT2D eigenvalue weighted by Crippen LogP contribution is 2.16. The fraction of sp³-hybridized carbons (Fsp3) is 0.611. The van der Waals surface area contributed by atoms with E-state index in [1.807, 2.05) is 11.4 Å². The van der Waals surface area contributed by atoms with Crippen LogP contribution in [0.25, 0.3) is 0 Å². The van der Waals surface area contributed by atoms with Crippen molar-refractivity contribution in [2.24, 2.45) is 5.92 Å². The highest BCUT2D eigenvalue weighted by atomic mass is 32.1. The fourth-order valence-corrected chi connectivity index (χ4v) is 3.58. The van der Waals surface area contributed by atoms with Crippen molar-refractivity contribution in [2.45, 2.75) is 52.3 Å². The lowest BCUT2D eigenvalue weighted by Gasteiger charge is -2.25. The number of aromatic nitrogens is 2. The minimum atomic E-state index is -0.137. The molecule has 1 N–H and O–H groups in total. The van der Waals surface area contributed by atoms with E-state index in [1.54, 1.807) is 16.2 Å². The van der Waals surface area contributed by atoms with E-state index in [2.05, 4.69) is 34.7 Å². The number of thiophene rings is 1. The average molecular weight is 378 g/mol. The second-order valence-corrected chi connectivity index (χ2v) is 7.79. The number of carbonyl (C=O) groups is 1. The highest BCUT2D eigenvalue weighted by Gasteiger charge is 2.23. The molecule has 1 aliphatic heterocycles. The maximum Gasteiger partial charge on any atom is 0.318 e. The van der Waals surface area contributed by atoms with Gasteiger partial charge in [0, 0.05) is 26.1 Å². The van der Waals surface area contributed by atoms with Crippen molar-refractivity contribution in [3.63, 3.8) is 0 Å². The Bertz CT molecular complexity index is 680.